The van der Waals surface area contributed by atoms with E-state index in [1.165, 1.54) is 39.8 Å². The zero-order valence-corrected chi connectivity index (χ0v) is 14.8. The molecule has 3 heterocycles. The maximum absolute atomic E-state index is 5.54. The van der Waals surface area contributed by atoms with Crippen LogP contribution < -0.4 is 10.1 Å². The number of H-pyrrole nitrogens is 1. The third kappa shape index (κ3) is 2.12. The van der Waals surface area contributed by atoms with E-state index in [4.69, 9.17) is 4.74 Å². The summed E-state index contributed by atoms with van der Waals surface area (Å²) in [5.74, 6) is 1.70. The summed E-state index contributed by atoms with van der Waals surface area (Å²) in [6.07, 6.45) is 6.46. The third-order valence-electron chi connectivity index (χ3n) is 4.58. The SMILES string of the molecule is COc1cc2[nH]sc2cc1Nc1ncnc2sc3c(c12)CCCC3. The van der Waals surface area contributed by atoms with Gasteiger partial charge in [-0.25, -0.2) is 9.97 Å². The van der Waals surface area contributed by atoms with Crippen molar-refractivity contribution in [3.63, 3.8) is 0 Å². The smallest absolute Gasteiger partial charge is 0.144 e. The van der Waals surface area contributed by atoms with E-state index < -0.39 is 0 Å². The Kier molecular flexibility index (Phi) is 3.24. The summed E-state index contributed by atoms with van der Waals surface area (Å²) < 4.78 is 9.97. The van der Waals surface area contributed by atoms with E-state index in [0.717, 1.165) is 34.0 Å². The number of thiophene rings is 1. The van der Waals surface area contributed by atoms with Crippen molar-refractivity contribution in [2.24, 2.45) is 0 Å². The van der Waals surface area contributed by atoms with Crippen LogP contribution in [-0.4, -0.2) is 21.5 Å². The molecule has 1 aliphatic rings. The van der Waals surface area contributed by atoms with Crippen molar-refractivity contribution in [3.8, 4) is 5.75 Å². The highest BCUT2D eigenvalue weighted by Gasteiger charge is 2.20. The van der Waals surface area contributed by atoms with Gasteiger partial charge in [0.1, 0.15) is 22.7 Å². The average molecular weight is 356 g/mol. The summed E-state index contributed by atoms with van der Waals surface area (Å²) in [4.78, 5) is 11.6. The highest BCUT2D eigenvalue weighted by molar-refractivity contribution is 7.19. The van der Waals surface area contributed by atoms with Crippen LogP contribution in [0.1, 0.15) is 23.3 Å². The van der Waals surface area contributed by atoms with Crippen LogP contribution in [0, 0.1) is 0 Å². The maximum atomic E-state index is 5.54. The van der Waals surface area contributed by atoms with Crippen molar-refractivity contribution in [2.45, 2.75) is 25.7 Å². The zero-order chi connectivity index (χ0) is 16.1. The van der Waals surface area contributed by atoms with Gasteiger partial charge in [-0.05, 0) is 37.3 Å². The molecule has 1 aromatic carbocycles. The van der Waals surface area contributed by atoms with Gasteiger partial charge >= 0.3 is 0 Å². The number of anilines is 2. The van der Waals surface area contributed by atoms with Gasteiger partial charge in [0, 0.05) is 10.9 Å². The number of benzene rings is 1. The quantitative estimate of drug-likeness (QED) is 0.550. The minimum absolute atomic E-state index is 0.817. The minimum Gasteiger partial charge on any atom is -0.494 e. The number of aromatic amines is 1. The van der Waals surface area contributed by atoms with Crippen molar-refractivity contribution in [1.29, 1.82) is 0 Å². The predicted molar refractivity (Wildman–Crippen MR) is 100 cm³/mol. The fraction of sp³-hybridized carbons (Fsp3) is 0.294. The van der Waals surface area contributed by atoms with Gasteiger partial charge in [0.25, 0.3) is 0 Å². The van der Waals surface area contributed by atoms with Gasteiger partial charge in [0.2, 0.25) is 0 Å². The van der Waals surface area contributed by atoms with Gasteiger partial charge in [-0.1, -0.05) is 11.5 Å². The molecule has 5 rings (SSSR count). The largest absolute Gasteiger partial charge is 0.494 e. The molecule has 4 aromatic rings. The van der Waals surface area contributed by atoms with Crippen molar-refractivity contribution < 1.29 is 4.74 Å². The number of ether oxygens (including phenoxy) is 1. The molecule has 3 aromatic heterocycles. The normalized spacial score (nSPS) is 14.2. The number of methoxy groups -OCH3 is 1. The van der Waals surface area contributed by atoms with Crippen LogP contribution in [0.5, 0.6) is 5.75 Å². The van der Waals surface area contributed by atoms with Gasteiger partial charge in [0.05, 0.1) is 28.4 Å². The second-order valence-corrected chi connectivity index (χ2v) is 7.92. The molecule has 0 atom stereocenters. The van der Waals surface area contributed by atoms with Gasteiger partial charge in [0.15, 0.2) is 0 Å². The number of rotatable bonds is 3. The first-order chi connectivity index (χ1) is 11.8. The molecule has 0 amide bonds. The molecular formula is C17H16N4OS2. The monoisotopic (exact) mass is 356 g/mol. The first-order valence-corrected chi connectivity index (χ1v) is 9.64. The van der Waals surface area contributed by atoms with Gasteiger partial charge < -0.3 is 14.4 Å². The first-order valence-electron chi connectivity index (χ1n) is 8.00. The average Bonchev–Trinajstić information content (AvgIpc) is 2.97. The van der Waals surface area contributed by atoms with Crippen molar-refractivity contribution in [1.82, 2.24) is 14.3 Å². The molecule has 0 saturated carbocycles. The van der Waals surface area contributed by atoms with Crippen LogP contribution in [0.25, 0.3) is 20.4 Å². The van der Waals surface area contributed by atoms with Crippen LogP contribution >= 0.6 is 22.9 Å². The van der Waals surface area contributed by atoms with E-state index in [-0.39, 0.29) is 0 Å². The second kappa shape index (κ2) is 5.46. The first kappa shape index (κ1) is 14.2. The maximum Gasteiger partial charge on any atom is 0.144 e. The number of hydrogen-bond acceptors (Lipinski definition) is 6. The molecule has 0 bridgehead atoms. The van der Waals surface area contributed by atoms with E-state index >= 15 is 0 Å². The molecule has 122 valence electrons. The van der Waals surface area contributed by atoms with E-state index in [1.54, 1.807) is 25.0 Å². The van der Waals surface area contributed by atoms with Crippen molar-refractivity contribution in [2.75, 3.05) is 12.4 Å². The molecular weight excluding hydrogens is 340 g/mol. The topological polar surface area (TPSA) is 62.8 Å². The van der Waals surface area contributed by atoms with Crippen LogP contribution in [-0.2, 0) is 12.8 Å². The summed E-state index contributed by atoms with van der Waals surface area (Å²) in [6.45, 7) is 0. The Morgan fingerprint density at radius 3 is 2.96 bits per heavy atom. The highest BCUT2D eigenvalue weighted by Crippen LogP contribution is 2.40. The lowest BCUT2D eigenvalue weighted by Crippen LogP contribution is -2.02. The van der Waals surface area contributed by atoms with Crippen molar-refractivity contribution >= 4 is 54.8 Å². The predicted octanol–water partition coefficient (Wildman–Crippen LogP) is 4.87. The molecule has 0 spiro atoms. The van der Waals surface area contributed by atoms with E-state index in [9.17, 15) is 0 Å². The fourth-order valence-electron chi connectivity index (χ4n) is 3.37. The Labute approximate surface area is 146 Å². The summed E-state index contributed by atoms with van der Waals surface area (Å²) in [5.41, 5.74) is 3.49. The Morgan fingerprint density at radius 1 is 1.21 bits per heavy atom. The molecule has 7 heteroatoms. The van der Waals surface area contributed by atoms with Gasteiger partial charge in [-0.3, -0.25) is 0 Å². The van der Waals surface area contributed by atoms with E-state index in [0.29, 0.717) is 0 Å². The van der Waals surface area contributed by atoms with Crippen LogP contribution in [0.15, 0.2) is 18.5 Å². The lowest BCUT2D eigenvalue weighted by Gasteiger charge is -2.15. The molecule has 2 N–H and O–H groups in total. The molecule has 1 aliphatic carbocycles. The molecule has 5 nitrogen and oxygen atoms in total. The third-order valence-corrected chi connectivity index (χ3v) is 6.66. The Morgan fingerprint density at radius 2 is 2.12 bits per heavy atom. The lowest BCUT2D eigenvalue weighted by atomic mass is 9.97. The summed E-state index contributed by atoms with van der Waals surface area (Å²) in [5, 5.41) is 4.68. The van der Waals surface area contributed by atoms with E-state index in [1.807, 2.05) is 17.4 Å². The molecule has 0 fully saturated rings. The molecule has 0 saturated heterocycles. The van der Waals surface area contributed by atoms with Gasteiger partial charge in [-0.2, -0.15) is 0 Å². The van der Waals surface area contributed by atoms with Crippen LogP contribution in [0.2, 0.25) is 0 Å². The summed E-state index contributed by atoms with van der Waals surface area (Å²) in [7, 11) is 1.70. The number of nitrogens with zero attached hydrogens (tertiary/aromatic N) is 2. The Hall–Kier alpha value is -2.12. The minimum atomic E-state index is 0.817. The molecule has 0 aliphatic heterocycles. The number of aryl methyl sites for hydroxylation is 2. The standard InChI is InChI=1S/C17H16N4OS2/c1-22-12-6-11-14(24-21-11)7-10(12)20-16-15-9-4-2-3-5-13(9)23-17(15)19-8-18-16/h6-8,21H,2-5H2,1H3,(H,18,19,20). The number of nitrogens with one attached hydrogen (secondary N) is 2. The number of fused-ring (bicyclic) bond motifs is 4. The zero-order valence-electron chi connectivity index (χ0n) is 13.2. The second-order valence-electron chi connectivity index (χ2n) is 5.99. The Bertz CT molecular complexity index is 1050. The summed E-state index contributed by atoms with van der Waals surface area (Å²) in [6, 6.07) is 4.14. The molecule has 0 radical (unpaired) electrons. The Balaban J connectivity index is 1.65. The highest BCUT2D eigenvalue weighted by atomic mass is 32.1. The van der Waals surface area contributed by atoms with Gasteiger partial charge in [-0.15, -0.1) is 11.3 Å². The number of aromatic nitrogens is 3. The molecule has 0 unspecified atom stereocenters. The van der Waals surface area contributed by atoms with Crippen LogP contribution in [0.3, 0.4) is 0 Å². The van der Waals surface area contributed by atoms with Crippen molar-refractivity contribution in [3.05, 3.63) is 28.9 Å². The molecule has 24 heavy (non-hydrogen) atoms. The van der Waals surface area contributed by atoms with E-state index in [2.05, 4.69) is 25.7 Å². The fourth-order valence-corrected chi connectivity index (χ4v) is 5.23. The summed E-state index contributed by atoms with van der Waals surface area (Å²) >= 11 is 3.44. The lowest BCUT2D eigenvalue weighted by molar-refractivity contribution is 0.417. The number of hydrogen-bond donors (Lipinski definition) is 2. The van der Waals surface area contributed by atoms with Crippen LogP contribution in [0.4, 0.5) is 11.5 Å².